The molecule has 49 heteroatoms. The van der Waals surface area contributed by atoms with Gasteiger partial charge < -0.3 is 242 Å². The molecule has 632 valence electrons. The molecule has 11 aliphatic rings. The van der Waals surface area contributed by atoms with Crippen molar-refractivity contribution in [1.82, 2.24) is 0 Å². The van der Waals surface area contributed by atoms with Crippen LogP contribution in [0.4, 0.5) is 0 Å². The molecule has 11 saturated heterocycles. The van der Waals surface area contributed by atoms with Crippen LogP contribution >= 0.6 is 0 Å². The number of aliphatic hydroxyl groups is 26. The molecule has 0 aromatic carbocycles. The third-order valence-corrected chi connectivity index (χ3v) is 20.2. The Labute approximate surface area is 615 Å². The lowest BCUT2D eigenvalue weighted by Gasteiger charge is -2.46. The van der Waals surface area contributed by atoms with Crippen LogP contribution in [0.3, 0.4) is 0 Å². The molecule has 0 bridgehead atoms. The van der Waals surface area contributed by atoms with Crippen LogP contribution in [-0.4, -0.2) is 507 Å². The van der Waals surface area contributed by atoms with Gasteiger partial charge in [-0.1, -0.05) is 0 Å². The summed E-state index contributed by atoms with van der Waals surface area (Å²) in [4.78, 5) is 10.9. The number of rotatable bonds is 26. The van der Waals surface area contributed by atoms with Gasteiger partial charge in [0.05, 0.1) is 79.3 Å². The summed E-state index contributed by atoms with van der Waals surface area (Å²) in [7, 11) is 0. The molecule has 0 aromatic rings. The Morgan fingerprint density at radius 3 is 0.569 bits per heavy atom. The average molecular weight is 1600 g/mol. The van der Waals surface area contributed by atoms with Crippen LogP contribution in [0.15, 0.2) is 0 Å². The monoisotopic (exact) mass is 1600 g/mol. The Balaban J connectivity index is 0.556. The molecule has 11 heterocycles. The summed E-state index contributed by atoms with van der Waals surface area (Å²) in [5, 5.41) is 278. The zero-order valence-electron chi connectivity index (χ0n) is 57.2. The molecule has 47 atom stereocenters. The summed E-state index contributed by atoms with van der Waals surface area (Å²) in [6.07, 6.45) is -81.4. The number of aldehydes is 1. The fourth-order valence-corrected chi connectivity index (χ4v) is 13.4. The topological polar surface area (TPSA) is 746 Å². The Morgan fingerprint density at radius 2 is 0.394 bits per heavy atom. The number of hydrogen-bond donors (Lipinski definition) is 26. The molecule has 0 saturated carbocycles. The Morgan fingerprint density at radius 1 is 0.239 bits per heavy atom. The third kappa shape index (κ3) is 19.6. The molecule has 11 aliphatic heterocycles. The minimum absolute atomic E-state index is 0.0230. The van der Waals surface area contributed by atoms with E-state index in [1.54, 1.807) is 0 Å². The molecular formula is C60H98O49. The lowest BCUT2D eigenvalue weighted by molar-refractivity contribution is -0.370. The van der Waals surface area contributed by atoms with Crippen molar-refractivity contribution in [3.8, 4) is 0 Å². The first-order valence-electron chi connectivity index (χ1n) is 34.9. The second-order valence-electron chi connectivity index (χ2n) is 27.8. The van der Waals surface area contributed by atoms with E-state index in [1.807, 2.05) is 0 Å². The van der Waals surface area contributed by atoms with E-state index in [-0.39, 0.29) is 6.29 Å². The number of ether oxygens (including phenoxy) is 22. The molecule has 11 fully saturated rings. The zero-order chi connectivity index (χ0) is 78.9. The largest absolute Gasteiger partial charge is 0.394 e. The van der Waals surface area contributed by atoms with Gasteiger partial charge in [0.2, 0.25) is 0 Å². The molecule has 11 rings (SSSR count). The van der Waals surface area contributed by atoms with Gasteiger partial charge in [-0.2, -0.15) is 0 Å². The smallest absolute Gasteiger partial charge is 0.186 e. The van der Waals surface area contributed by atoms with Crippen LogP contribution in [0.1, 0.15) is 0 Å². The van der Waals surface area contributed by atoms with E-state index in [1.165, 1.54) is 0 Å². The van der Waals surface area contributed by atoms with Crippen molar-refractivity contribution >= 4 is 6.29 Å². The molecule has 49 nitrogen and oxygen atoms in total. The van der Waals surface area contributed by atoms with Crippen molar-refractivity contribution in [3.63, 3.8) is 0 Å². The zero-order valence-corrected chi connectivity index (χ0v) is 57.2. The molecule has 26 N–H and O–H groups in total. The highest BCUT2D eigenvalue weighted by atomic mass is 16.8. The highest BCUT2D eigenvalue weighted by molar-refractivity contribution is 5.56. The predicted octanol–water partition coefficient (Wildman–Crippen LogP) is -19.6. The summed E-state index contributed by atoms with van der Waals surface area (Å²) in [5.41, 5.74) is 0. The molecular weight excluding hydrogens is 1500 g/mol. The van der Waals surface area contributed by atoms with E-state index in [0.717, 1.165) is 0 Å². The number of hydrogen-bond acceptors (Lipinski definition) is 49. The van der Waals surface area contributed by atoms with Gasteiger partial charge in [0, 0.05) is 0 Å². The van der Waals surface area contributed by atoms with E-state index in [0.29, 0.717) is 0 Å². The lowest BCUT2D eigenvalue weighted by atomic mass is 10.0. The molecule has 0 amide bonds. The lowest BCUT2D eigenvalue weighted by Crippen LogP contribution is -2.64. The summed E-state index contributed by atoms with van der Waals surface area (Å²) >= 11 is 0. The first-order chi connectivity index (χ1) is 51.8. The number of aliphatic hydroxyl groups excluding tert-OH is 26. The summed E-state index contributed by atoms with van der Waals surface area (Å²) < 4.78 is 122. The van der Waals surface area contributed by atoms with E-state index >= 15 is 0 Å². The minimum atomic E-state index is -1.97. The van der Waals surface area contributed by atoms with Gasteiger partial charge in [0.25, 0.3) is 0 Å². The standard InChI is InChI=1S/C60H98O49/c61-1-14(63)27(65)16(2-62)99-51-40(78)29(67)18(4-89-51)101-53-42(80)31(69)20(6-91-53)103-55-44(82)33(71)22(8-93-55)105-57-46(84)35(73)24(10-95-57)107-59-48(86)37(75)26(12-97-59)109-60-49(87)38(76)25(13-98-60)108-58-47(85)36(74)23(11-96-58)106-56-45(83)34(72)21(9-94-56)104-54-43(81)32(70)19(7-92-54)102-52-41(79)30(68)17(5-90-52)100-50-39(77)28(66)15(64)3-88-50/h1,14-60,62-87H,2-13H2/t14-,15+,16+,17+,18+,19+,20+,21+,22+,23+,24+,25+,26+,27+,28-,29-,30-,31-,32-,33-,34-,35-,36-,37-,38-,39+,40+,41+,42+,43+,44+,45+,46+,47+,48+,49+,50-,51-,52-,53-,54-,55-,56-,57-,58-,59-,60-/m0/s1. The highest BCUT2D eigenvalue weighted by Crippen LogP contribution is 2.36. The first-order valence-corrected chi connectivity index (χ1v) is 34.9. The molecule has 0 radical (unpaired) electrons. The van der Waals surface area contributed by atoms with Gasteiger partial charge in [-0.15, -0.1) is 0 Å². The minimum Gasteiger partial charge on any atom is -0.394 e. The van der Waals surface area contributed by atoms with Crippen LogP contribution in [0.5, 0.6) is 0 Å². The second kappa shape index (κ2) is 38.4. The van der Waals surface area contributed by atoms with E-state index in [9.17, 15) is 138 Å². The highest BCUT2D eigenvalue weighted by Gasteiger charge is 2.56. The second-order valence-corrected chi connectivity index (χ2v) is 27.8. The maximum atomic E-state index is 11.1. The summed E-state index contributed by atoms with van der Waals surface area (Å²) in [6, 6.07) is 0. The van der Waals surface area contributed by atoms with Crippen molar-refractivity contribution < 1.29 is 242 Å². The Bertz CT molecular complexity index is 2770. The summed E-state index contributed by atoms with van der Waals surface area (Å²) in [5.74, 6) is 0. The maximum absolute atomic E-state index is 11.1. The van der Waals surface area contributed by atoms with Crippen LogP contribution in [0.25, 0.3) is 0 Å². The van der Waals surface area contributed by atoms with E-state index in [2.05, 4.69) is 0 Å². The van der Waals surface area contributed by atoms with Crippen molar-refractivity contribution in [3.05, 3.63) is 0 Å². The van der Waals surface area contributed by atoms with Gasteiger partial charge in [-0.05, 0) is 0 Å². The van der Waals surface area contributed by atoms with Crippen LogP contribution < -0.4 is 0 Å². The van der Waals surface area contributed by atoms with Crippen LogP contribution in [0, 0.1) is 0 Å². The maximum Gasteiger partial charge on any atom is 0.186 e. The Kier molecular flexibility index (Phi) is 30.9. The van der Waals surface area contributed by atoms with E-state index in [4.69, 9.17) is 104 Å². The van der Waals surface area contributed by atoms with Gasteiger partial charge in [0.1, 0.15) is 220 Å². The normalized spacial score (nSPS) is 52.1. The fourth-order valence-electron chi connectivity index (χ4n) is 13.4. The van der Waals surface area contributed by atoms with Gasteiger partial charge >= 0.3 is 0 Å². The molecule has 109 heavy (non-hydrogen) atoms. The molecule has 0 spiro atoms. The van der Waals surface area contributed by atoms with Gasteiger partial charge in [-0.3, -0.25) is 0 Å². The van der Waals surface area contributed by atoms with Crippen molar-refractivity contribution in [2.24, 2.45) is 0 Å². The van der Waals surface area contributed by atoms with Crippen molar-refractivity contribution in [2.45, 2.75) is 289 Å². The van der Waals surface area contributed by atoms with E-state index < -0.39 is 368 Å². The van der Waals surface area contributed by atoms with Gasteiger partial charge in [0.15, 0.2) is 75.5 Å². The fraction of sp³-hybridized carbons (Fsp3) is 0.983. The number of carbonyl (C=O) groups excluding carboxylic acids is 1. The predicted molar refractivity (Wildman–Crippen MR) is 324 cm³/mol. The van der Waals surface area contributed by atoms with Crippen molar-refractivity contribution in [2.75, 3.05) is 79.3 Å². The average Bonchev–Trinajstić information content (AvgIpc) is 0.798. The molecule has 0 aromatic heterocycles. The van der Waals surface area contributed by atoms with Crippen molar-refractivity contribution in [1.29, 1.82) is 0 Å². The van der Waals surface area contributed by atoms with Gasteiger partial charge in [-0.25, -0.2) is 0 Å². The van der Waals surface area contributed by atoms with Crippen LogP contribution in [-0.2, 0) is 109 Å². The third-order valence-electron chi connectivity index (χ3n) is 20.2. The van der Waals surface area contributed by atoms with Crippen LogP contribution in [0.2, 0.25) is 0 Å². The Hall–Kier alpha value is -2.25. The number of carbonyl (C=O) groups is 1. The molecule has 0 unspecified atom stereocenters. The molecule has 0 aliphatic carbocycles. The SMILES string of the molecule is O=C[C@H](O)[C@@H](O)[C@@H](CO)O[C@@H]1OC[C@@H](O[C@@H]2OC[C@@H](O[C@@H]3OC[C@@H](O[C@@H]4OC[C@@H](O[C@@H]5OC[C@@H](O[C@@H]6OC[C@@H](O[C@@H]7OC[C@@H](O[C@@H]8OC[C@@H](O[C@@H]9OC[C@@H](O[C@@H]%10OC[C@@H](O[C@@H]%11OC[C@@H](O)[C@H](O)[C@H]%11O)[C@H](O)[C@H]%10O)[C@H](O)[C@H]9O)[C@H](O)[C@H]8O)[C@H](O)[C@H]7O)[C@H](O)[C@H]6O)[C@H](O)[C@H]5O)[C@H](O)[C@H]4O)[C@H](O)[C@H]3O)[C@H](O)[C@H]2O)[C@H](O)[C@H]1O. The quantitative estimate of drug-likeness (QED) is 0.0358. The first kappa shape index (κ1) is 87.6. The summed E-state index contributed by atoms with van der Waals surface area (Å²) in [6.45, 7) is -6.99.